The van der Waals surface area contributed by atoms with Gasteiger partial charge in [-0.25, -0.2) is 0 Å². The monoisotopic (exact) mass is 456 g/mol. The number of benzene rings is 1. The molecule has 136 valence electrons. The van der Waals surface area contributed by atoms with Gasteiger partial charge in [0.2, 0.25) is 5.91 Å². The first-order valence-corrected chi connectivity index (χ1v) is 8.38. The first-order valence-electron chi connectivity index (χ1n) is 8.38. The minimum atomic E-state index is 0. The van der Waals surface area contributed by atoms with Crippen molar-refractivity contribution in [1.29, 1.82) is 0 Å². The normalized spacial score (nSPS) is 14.1. The highest BCUT2D eigenvalue weighted by molar-refractivity contribution is 14.0. The summed E-state index contributed by atoms with van der Waals surface area (Å²) in [7, 11) is 1.73. The lowest BCUT2D eigenvalue weighted by Gasteiger charge is -2.11. The Morgan fingerprint density at radius 3 is 2.60 bits per heavy atom. The van der Waals surface area contributed by atoms with Gasteiger partial charge in [0.25, 0.3) is 0 Å². The van der Waals surface area contributed by atoms with Crippen molar-refractivity contribution in [3.8, 4) is 0 Å². The predicted molar refractivity (Wildman–Crippen MR) is 110 cm³/mol. The molecule has 3 rings (SSSR count). The summed E-state index contributed by atoms with van der Waals surface area (Å²) in [6, 6.07) is 8.02. The second-order valence-electron chi connectivity index (χ2n) is 6.06. The van der Waals surface area contributed by atoms with E-state index in [-0.39, 0.29) is 35.8 Å². The van der Waals surface area contributed by atoms with Gasteiger partial charge in [0.05, 0.1) is 6.54 Å². The number of hydrogen-bond donors (Lipinski definition) is 3. The molecule has 6 nitrogen and oxygen atoms in total. The Kier molecular flexibility index (Phi) is 7.10. The van der Waals surface area contributed by atoms with Crippen LogP contribution in [0.3, 0.4) is 0 Å². The molecule has 0 unspecified atom stereocenters. The Balaban J connectivity index is 0.00000225. The molecule has 0 saturated heterocycles. The number of rotatable bonds is 6. The van der Waals surface area contributed by atoms with Crippen molar-refractivity contribution in [2.75, 3.05) is 20.1 Å². The van der Waals surface area contributed by atoms with Crippen molar-refractivity contribution in [3.05, 3.63) is 35.6 Å². The highest BCUT2D eigenvalue weighted by Crippen LogP contribution is 2.28. The SMILES string of the molecule is CN=C(NCCNC(=O)C1CC1)NCc1oc2ccccc2c1C.I. The summed E-state index contributed by atoms with van der Waals surface area (Å²) < 4.78 is 5.88. The zero-order chi connectivity index (χ0) is 16.9. The van der Waals surface area contributed by atoms with E-state index in [0.717, 1.165) is 35.1 Å². The molecule has 0 radical (unpaired) electrons. The van der Waals surface area contributed by atoms with Crippen molar-refractivity contribution in [1.82, 2.24) is 16.0 Å². The smallest absolute Gasteiger partial charge is 0.223 e. The third-order valence-electron chi connectivity index (χ3n) is 4.25. The van der Waals surface area contributed by atoms with Gasteiger partial charge in [-0.2, -0.15) is 0 Å². The maximum atomic E-state index is 11.6. The second kappa shape index (κ2) is 9.07. The molecule has 1 aromatic heterocycles. The van der Waals surface area contributed by atoms with Crippen LogP contribution in [0.15, 0.2) is 33.7 Å². The van der Waals surface area contributed by atoms with Crippen LogP contribution in [0.5, 0.6) is 0 Å². The number of carbonyl (C=O) groups excluding carboxylic acids is 1. The van der Waals surface area contributed by atoms with Crippen LogP contribution in [0, 0.1) is 12.8 Å². The summed E-state index contributed by atoms with van der Waals surface area (Å²) in [6.07, 6.45) is 2.05. The highest BCUT2D eigenvalue weighted by Gasteiger charge is 2.28. The summed E-state index contributed by atoms with van der Waals surface area (Å²) >= 11 is 0. The molecule has 0 atom stereocenters. The Hall–Kier alpha value is -1.77. The lowest BCUT2D eigenvalue weighted by molar-refractivity contribution is -0.122. The minimum Gasteiger partial charge on any atom is -0.459 e. The van der Waals surface area contributed by atoms with Crippen molar-refractivity contribution in [2.24, 2.45) is 10.9 Å². The molecule has 0 bridgehead atoms. The van der Waals surface area contributed by atoms with Crippen LogP contribution >= 0.6 is 24.0 Å². The predicted octanol–water partition coefficient (Wildman–Crippen LogP) is 2.55. The van der Waals surface area contributed by atoms with Gasteiger partial charge in [0, 0.05) is 37.0 Å². The quantitative estimate of drug-likeness (QED) is 0.270. The molecule has 1 aliphatic carbocycles. The van der Waals surface area contributed by atoms with Crippen molar-refractivity contribution < 1.29 is 9.21 Å². The standard InChI is InChI=1S/C18H24N4O2.HI/c1-12-14-5-3-4-6-15(14)24-16(12)11-22-18(19-2)21-10-9-20-17(23)13-7-8-13;/h3-6,13H,7-11H2,1-2H3,(H,20,23)(H2,19,21,22);1H. The number of carbonyl (C=O) groups is 1. The van der Waals surface area contributed by atoms with Gasteiger partial charge in [0.1, 0.15) is 11.3 Å². The number of hydrogen-bond acceptors (Lipinski definition) is 3. The van der Waals surface area contributed by atoms with Crippen LogP contribution in [-0.2, 0) is 11.3 Å². The highest BCUT2D eigenvalue weighted by atomic mass is 127. The summed E-state index contributed by atoms with van der Waals surface area (Å²) in [5, 5.41) is 10.5. The summed E-state index contributed by atoms with van der Waals surface area (Å²) in [4.78, 5) is 15.7. The van der Waals surface area contributed by atoms with E-state index in [9.17, 15) is 4.79 Å². The van der Waals surface area contributed by atoms with E-state index in [1.165, 1.54) is 0 Å². The molecule has 1 fully saturated rings. The van der Waals surface area contributed by atoms with E-state index in [4.69, 9.17) is 4.42 Å². The van der Waals surface area contributed by atoms with Crippen molar-refractivity contribution >= 4 is 46.8 Å². The lowest BCUT2D eigenvalue weighted by atomic mass is 10.1. The van der Waals surface area contributed by atoms with E-state index in [0.29, 0.717) is 25.6 Å². The molecule has 1 amide bonds. The lowest BCUT2D eigenvalue weighted by Crippen LogP contribution is -2.41. The molecule has 1 aliphatic rings. The molecule has 3 N–H and O–H groups in total. The molecule has 7 heteroatoms. The van der Waals surface area contributed by atoms with Crippen LogP contribution in [0.1, 0.15) is 24.2 Å². The van der Waals surface area contributed by atoms with Gasteiger partial charge in [-0.3, -0.25) is 9.79 Å². The molecule has 25 heavy (non-hydrogen) atoms. The van der Waals surface area contributed by atoms with E-state index < -0.39 is 0 Å². The first-order chi connectivity index (χ1) is 11.7. The van der Waals surface area contributed by atoms with E-state index in [2.05, 4.69) is 33.9 Å². The van der Waals surface area contributed by atoms with Gasteiger partial charge in [0.15, 0.2) is 5.96 Å². The topological polar surface area (TPSA) is 78.7 Å². The van der Waals surface area contributed by atoms with Crippen LogP contribution in [0.25, 0.3) is 11.0 Å². The fourth-order valence-electron chi connectivity index (χ4n) is 2.63. The minimum absolute atomic E-state index is 0. The fourth-order valence-corrected chi connectivity index (χ4v) is 2.63. The Labute approximate surface area is 164 Å². The maximum Gasteiger partial charge on any atom is 0.223 e. The molecule has 0 spiro atoms. The molecule has 1 heterocycles. The van der Waals surface area contributed by atoms with Gasteiger partial charge in [-0.05, 0) is 25.8 Å². The summed E-state index contributed by atoms with van der Waals surface area (Å²) in [5.41, 5.74) is 2.04. The molecule has 0 aliphatic heterocycles. The number of nitrogens with zero attached hydrogens (tertiary/aromatic N) is 1. The van der Waals surface area contributed by atoms with E-state index in [1.54, 1.807) is 7.05 Å². The van der Waals surface area contributed by atoms with Crippen molar-refractivity contribution in [2.45, 2.75) is 26.3 Å². The number of halogens is 1. The zero-order valence-corrected chi connectivity index (χ0v) is 16.9. The maximum absolute atomic E-state index is 11.6. The number of para-hydroxylation sites is 1. The molecule has 1 aromatic carbocycles. The summed E-state index contributed by atoms with van der Waals surface area (Å²) in [6.45, 7) is 3.86. The van der Waals surface area contributed by atoms with Gasteiger partial charge < -0.3 is 20.4 Å². The van der Waals surface area contributed by atoms with Crippen LogP contribution in [0.4, 0.5) is 0 Å². The Morgan fingerprint density at radius 2 is 1.92 bits per heavy atom. The Morgan fingerprint density at radius 1 is 1.20 bits per heavy atom. The fraction of sp³-hybridized carbons (Fsp3) is 0.444. The number of amides is 1. The van der Waals surface area contributed by atoms with Crippen LogP contribution in [-0.4, -0.2) is 32.0 Å². The molecule has 2 aromatic rings. The number of aliphatic imine (C=N–C) groups is 1. The van der Waals surface area contributed by atoms with Gasteiger partial charge in [-0.15, -0.1) is 24.0 Å². The van der Waals surface area contributed by atoms with Gasteiger partial charge >= 0.3 is 0 Å². The third-order valence-corrected chi connectivity index (χ3v) is 4.25. The van der Waals surface area contributed by atoms with Crippen LogP contribution < -0.4 is 16.0 Å². The third kappa shape index (κ3) is 5.10. The summed E-state index contributed by atoms with van der Waals surface area (Å²) in [5.74, 6) is 2.01. The number of nitrogens with one attached hydrogen (secondary N) is 3. The Bertz CT molecular complexity index is 753. The van der Waals surface area contributed by atoms with Crippen LogP contribution in [0.2, 0.25) is 0 Å². The molecule has 1 saturated carbocycles. The number of fused-ring (bicyclic) bond motifs is 1. The first kappa shape index (κ1) is 19.6. The average molecular weight is 456 g/mol. The second-order valence-corrected chi connectivity index (χ2v) is 6.06. The van der Waals surface area contributed by atoms with E-state index in [1.807, 2.05) is 18.2 Å². The molecular weight excluding hydrogens is 431 g/mol. The number of furan rings is 1. The average Bonchev–Trinajstić information content (AvgIpc) is 3.40. The zero-order valence-electron chi connectivity index (χ0n) is 14.6. The number of aryl methyl sites for hydroxylation is 1. The van der Waals surface area contributed by atoms with E-state index >= 15 is 0 Å². The molecular formula is C18H25IN4O2. The largest absolute Gasteiger partial charge is 0.459 e. The van der Waals surface area contributed by atoms with Gasteiger partial charge in [-0.1, -0.05) is 18.2 Å². The number of guanidine groups is 1. The van der Waals surface area contributed by atoms with Crippen molar-refractivity contribution in [3.63, 3.8) is 0 Å².